The van der Waals surface area contributed by atoms with Crippen LogP contribution in [0.2, 0.25) is 0 Å². The number of aryl methyl sites for hydroxylation is 1. The maximum Gasteiger partial charge on any atom is 0.188 e. The van der Waals surface area contributed by atoms with Gasteiger partial charge in [-0.05, 0) is 53.2 Å². The summed E-state index contributed by atoms with van der Waals surface area (Å²) < 4.78 is 3.58. The van der Waals surface area contributed by atoms with Gasteiger partial charge in [-0.3, -0.25) is 0 Å². The Balaban J connectivity index is 2.17. The molecule has 0 saturated heterocycles. The van der Waals surface area contributed by atoms with Crippen LogP contribution in [-0.4, -0.2) is 20.2 Å². The fraction of sp³-hybridized carbons (Fsp3) is 0.0714. The van der Waals surface area contributed by atoms with Gasteiger partial charge in [0.15, 0.2) is 5.82 Å². The zero-order valence-electron chi connectivity index (χ0n) is 11.1. The van der Waals surface area contributed by atoms with Crippen molar-refractivity contribution < 1.29 is 0 Å². The lowest BCUT2D eigenvalue weighted by Gasteiger charge is -2.08. The Morgan fingerprint density at radius 1 is 1.05 bits per heavy atom. The molecule has 7 heteroatoms. The van der Waals surface area contributed by atoms with Crippen LogP contribution in [-0.2, 0) is 0 Å². The van der Waals surface area contributed by atoms with Gasteiger partial charge in [-0.2, -0.15) is 4.68 Å². The first-order chi connectivity index (χ1) is 10.1. The van der Waals surface area contributed by atoms with E-state index in [1.54, 1.807) is 4.68 Å². The van der Waals surface area contributed by atoms with E-state index in [2.05, 4.69) is 47.4 Å². The number of nitrogens with zero attached hydrogens (tertiary/aromatic N) is 4. The van der Waals surface area contributed by atoms with E-state index in [-0.39, 0.29) is 0 Å². The molecule has 3 rings (SSSR count). The van der Waals surface area contributed by atoms with Crippen molar-refractivity contribution in [2.45, 2.75) is 6.92 Å². The number of nitrogen functional groups attached to an aromatic ring is 1. The third-order valence-corrected chi connectivity index (χ3v) is 4.65. The average Bonchev–Trinajstić information content (AvgIpc) is 2.93. The standard InChI is InChI=1S/C14H11Br2N5/c1-8-2-4-10(7-13(8)16)21-14(18-19-20-21)11-6-9(17)3-5-12(11)15/h2-7H,17H2,1H3. The second-order valence-electron chi connectivity index (χ2n) is 4.59. The minimum absolute atomic E-state index is 0.630. The van der Waals surface area contributed by atoms with E-state index in [0.29, 0.717) is 11.5 Å². The molecule has 0 unspecified atom stereocenters. The molecule has 0 atom stereocenters. The Morgan fingerprint density at radius 2 is 1.86 bits per heavy atom. The molecule has 1 aromatic heterocycles. The highest BCUT2D eigenvalue weighted by Crippen LogP contribution is 2.30. The lowest BCUT2D eigenvalue weighted by Crippen LogP contribution is -2.01. The van der Waals surface area contributed by atoms with E-state index in [4.69, 9.17) is 5.73 Å². The summed E-state index contributed by atoms with van der Waals surface area (Å²) in [4.78, 5) is 0. The van der Waals surface area contributed by atoms with Crippen LogP contribution in [0.4, 0.5) is 5.69 Å². The van der Waals surface area contributed by atoms with Gasteiger partial charge < -0.3 is 5.73 Å². The zero-order chi connectivity index (χ0) is 15.0. The molecule has 0 saturated carbocycles. The molecule has 0 aliphatic heterocycles. The molecular weight excluding hydrogens is 398 g/mol. The van der Waals surface area contributed by atoms with Gasteiger partial charge in [-0.25, -0.2) is 0 Å². The maximum atomic E-state index is 5.86. The molecule has 0 spiro atoms. The highest BCUT2D eigenvalue weighted by atomic mass is 79.9. The predicted octanol–water partition coefficient (Wildman–Crippen LogP) is 3.74. The topological polar surface area (TPSA) is 69.6 Å². The fourth-order valence-electron chi connectivity index (χ4n) is 1.96. The van der Waals surface area contributed by atoms with Crippen molar-refractivity contribution in [1.29, 1.82) is 0 Å². The number of hydrogen-bond donors (Lipinski definition) is 1. The summed E-state index contributed by atoms with van der Waals surface area (Å²) in [5.41, 5.74) is 9.39. The summed E-state index contributed by atoms with van der Waals surface area (Å²) in [6.07, 6.45) is 0. The summed E-state index contributed by atoms with van der Waals surface area (Å²) in [5.74, 6) is 0.630. The van der Waals surface area contributed by atoms with Gasteiger partial charge in [0.05, 0.1) is 5.69 Å². The van der Waals surface area contributed by atoms with Gasteiger partial charge in [0, 0.05) is 20.2 Å². The third kappa shape index (κ3) is 2.71. The van der Waals surface area contributed by atoms with E-state index in [1.165, 1.54) is 0 Å². The van der Waals surface area contributed by atoms with Crippen LogP contribution in [0.3, 0.4) is 0 Å². The van der Waals surface area contributed by atoms with Crippen LogP contribution < -0.4 is 5.73 Å². The molecule has 2 N–H and O–H groups in total. The predicted molar refractivity (Wildman–Crippen MR) is 89.1 cm³/mol. The molecule has 3 aromatic rings. The number of halogens is 2. The van der Waals surface area contributed by atoms with Crippen LogP contribution in [0.25, 0.3) is 17.1 Å². The van der Waals surface area contributed by atoms with E-state index in [0.717, 1.165) is 25.8 Å². The first-order valence-electron chi connectivity index (χ1n) is 6.16. The van der Waals surface area contributed by atoms with E-state index in [1.807, 2.05) is 43.3 Å². The minimum atomic E-state index is 0.630. The molecule has 0 bridgehead atoms. The summed E-state index contributed by atoms with van der Waals surface area (Å²) in [7, 11) is 0. The molecule has 0 radical (unpaired) electrons. The largest absolute Gasteiger partial charge is 0.399 e. The first-order valence-corrected chi connectivity index (χ1v) is 7.75. The average molecular weight is 409 g/mol. The summed E-state index contributed by atoms with van der Waals surface area (Å²) in [5, 5.41) is 12.0. The van der Waals surface area contributed by atoms with Gasteiger partial charge in [-0.1, -0.05) is 37.9 Å². The third-order valence-electron chi connectivity index (χ3n) is 3.10. The molecule has 2 aromatic carbocycles. The number of rotatable bonds is 2. The maximum absolute atomic E-state index is 5.86. The van der Waals surface area contributed by atoms with Crippen LogP contribution >= 0.6 is 31.9 Å². The van der Waals surface area contributed by atoms with Crippen LogP contribution in [0.1, 0.15) is 5.56 Å². The van der Waals surface area contributed by atoms with Crippen LogP contribution in [0.5, 0.6) is 0 Å². The van der Waals surface area contributed by atoms with Gasteiger partial charge in [0.25, 0.3) is 0 Å². The number of aromatic nitrogens is 4. The summed E-state index contributed by atoms with van der Waals surface area (Å²) in [6, 6.07) is 11.5. The van der Waals surface area contributed by atoms with Crippen LogP contribution in [0, 0.1) is 6.92 Å². The highest BCUT2D eigenvalue weighted by Gasteiger charge is 2.14. The Morgan fingerprint density at radius 3 is 2.62 bits per heavy atom. The van der Waals surface area contributed by atoms with Gasteiger partial charge in [-0.15, -0.1) is 5.10 Å². The van der Waals surface area contributed by atoms with E-state index >= 15 is 0 Å². The molecule has 0 amide bonds. The van der Waals surface area contributed by atoms with Gasteiger partial charge in [0.1, 0.15) is 0 Å². The Bertz CT molecular complexity index is 813. The second-order valence-corrected chi connectivity index (χ2v) is 6.30. The van der Waals surface area contributed by atoms with Crippen molar-refractivity contribution in [2.75, 3.05) is 5.73 Å². The number of tetrazole rings is 1. The Kier molecular flexibility index (Phi) is 3.77. The minimum Gasteiger partial charge on any atom is -0.399 e. The summed E-state index contributed by atoms with van der Waals surface area (Å²) in [6.45, 7) is 2.03. The molecule has 1 heterocycles. The molecular formula is C14H11Br2N5. The number of hydrogen-bond acceptors (Lipinski definition) is 4. The smallest absolute Gasteiger partial charge is 0.188 e. The van der Waals surface area contributed by atoms with Crippen molar-refractivity contribution in [2.24, 2.45) is 0 Å². The van der Waals surface area contributed by atoms with Crippen molar-refractivity contribution in [3.63, 3.8) is 0 Å². The van der Waals surface area contributed by atoms with Crippen molar-refractivity contribution in [3.8, 4) is 17.1 Å². The highest BCUT2D eigenvalue weighted by molar-refractivity contribution is 9.10. The molecule has 0 fully saturated rings. The molecule has 0 aliphatic rings. The molecule has 106 valence electrons. The van der Waals surface area contributed by atoms with Crippen LogP contribution in [0.15, 0.2) is 45.3 Å². The molecule has 0 aliphatic carbocycles. The Hall–Kier alpha value is -1.73. The van der Waals surface area contributed by atoms with Gasteiger partial charge >= 0.3 is 0 Å². The lowest BCUT2D eigenvalue weighted by molar-refractivity contribution is 0.790. The normalized spacial score (nSPS) is 10.8. The van der Waals surface area contributed by atoms with Crippen molar-refractivity contribution >= 4 is 37.5 Å². The summed E-state index contributed by atoms with van der Waals surface area (Å²) >= 11 is 7.04. The monoisotopic (exact) mass is 407 g/mol. The van der Waals surface area contributed by atoms with Crippen molar-refractivity contribution in [1.82, 2.24) is 20.2 Å². The first kappa shape index (κ1) is 14.2. The SMILES string of the molecule is Cc1ccc(-n2nnnc2-c2cc(N)ccc2Br)cc1Br. The quantitative estimate of drug-likeness (QED) is 0.655. The zero-order valence-corrected chi connectivity index (χ0v) is 14.3. The molecule has 5 nitrogen and oxygen atoms in total. The fourth-order valence-corrected chi connectivity index (χ4v) is 2.75. The molecule has 21 heavy (non-hydrogen) atoms. The number of benzene rings is 2. The Labute approximate surface area is 138 Å². The second kappa shape index (κ2) is 5.57. The number of nitrogens with two attached hydrogens (primary N) is 1. The van der Waals surface area contributed by atoms with E-state index < -0.39 is 0 Å². The lowest BCUT2D eigenvalue weighted by atomic mass is 10.2. The van der Waals surface area contributed by atoms with E-state index in [9.17, 15) is 0 Å². The van der Waals surface area contributed by atoms with Crippen molar-refractivity contribution in [3.05, 3.63) is 50.9 Å². The number of anilines is 1. The van der Waals surface area contributed by atoms with Gasteiger partial charge in [0.2, 0.25) is 0 Å².